The largest absolute Gasteiger partial charge is 0.493 e. The van der Waals surface area contributed by atoms with Crippen molar-refractivity contribution >= 4 is 23.5 Å². The molecule has 0 saturated heterocycles. The van der Waals surface area contributed by atoms with Crippen LogP contribution < -0.4 is 20.2 Å². The molecule has 2 N–H and O–H groups in total. The minimum Gasteiger partial charge on any atom is -0.493 e. The van der Waals surface area contributed by atoms with Gasteiger partial charge in [-0.05, 0) is 41.5 Å². The summed E-state index contributed by atoms with van der Waals surface area (Å²) in [5.41, 5.74) is 4.71. The molecule has 0 fully saturated rings. The van der Waals surface area contributed by atoms with Gasteiger partial charge in [0, 0.05) is 13.7 Å². The smallest absolute Gasteiger partial charge is 0.187 e. The Morgan fingerprint density at radius 1 is 1.12 bits per heavy atom. The fourth-order valence-corrected chi connectivity index (χ4v) is 2.25. The molecule has 2 rings (SSSR count). The minimum absolute atomic E-state index is 0.438. The first-order chi connectivity index (χ1) is 12.7. The quantitative estimate of drug-likeness (QED) is 0.305. The fourth-order valence-electron chi connectivity index (χ4n) is 2.09. The predicted octanol–water partition coefficient (Wildman–Crippen LogP) is 2.72. The van der Waals surface area contributed by atoms with E-state index in [0.717, 1.165) is 11.1 Å². The highest BCUT2D eigenvalue weighted by atomic mass is 32.1. The van der Waals surface area contributed by atoms with Crippen molar-refractivity contribution in [1.82, 2.24) is 10.7 Å². The summed E-state index contributed by atoms with van der Waals surface area (Å²) in [6, 6.07) is 15.6. The average Bonchev–Trinajstić information content (AvgIpc) is 2.68. The van der Waals surface area contributed by atoms with Crippen LogP contribution in [0, 0.1) is 0 Å². The van der Waals surface area contributed by atoms with Crippen LogP contribution in [0.2, 0.25) is 0 Å². The van der Waals surface area contributed by atoms with Crippen molar-refractivity contribution in [2.45, 2.75) is 6.61 Å². The van der Waals surface area contributed by atoms with Crippen LogP contribution in [0.3, 0.4) is 0 Å². The van der Waals surface area contributed by atoms with Crippen molar-refractivity contribution in [3.05, 3.63) is 59.7 Å². The van der Waals surface area contributed by atoms with Crippen LogP contribution in [-0.4, -0.2) is 38.7 Å². The zero-order chi connectivity index (χ0) is 18.6. The molecule has 0 heterocycles. The lowest BCUT2D eigenvalue weighted by Crippen LogP contribution is -2.34. The standard InChI is InChI=1S/C19H23N3O3S/c1-23-11-10-20-19(26)22-21-13-16-8-9-17(18(12-16)24-2)25-14-15-6-4-3-5-7-15/h3-9,12-13H,10-11,14H2,1-2H3,(H2,20,22,26)/b21-13-. The number of rotatable bonds is 9. The van der Waals surface area contributed by atoms with Gasteiger partial charge in [0.1, 0.15) is 6.61 Å². The zero-order valence-electron chi connectivity index (χ0n) is 14.9. The van der Waals surface area contributed by atoms with Gasteiger partial charge in [-0.2, -0.15) is 5.10 Å². The molecule has 0 amide bonds. The van der Waals surface area contributed by atoms with Crippen LogP contribution in [0.4, 0.5) is 0 Å². The van der Waals surface area contributed by atoms with E-state index in [-0.39, 0.29) is 0 Å². The van der Waals surface area contributed by atoms with Crippen LogP contribution in [0.25, 0.3) is 0 Å². The monoisotopic (exact) mass is 373 g/mol. The summed E-state index contributed by atoms with van der Waals surface area (Å²) in [4.78, 5) is 0. The van der Waals surface area contributed by atoms with Crippen LogP contribution in [-0.2, 0) is 11.3 Å². The zero-order valence-corrected chi connectivity index (χ0v) is 15.7. The predicted molar refractivity (Wildman–Crippen MR) is 107 cm³/mol. The van der Waals surface area contributed by atoms with Crippen molar-refractivity contribution in [1.29, 1.82) is 0 Å². The van der Waals surface area contributed by atoms with Gasteiger partial charge in [-0.3, -0.25) is 5.43 Å². The molecule has 26 heavy (non-hydrogen) atoms. The van der Waals surface area contributed by atoms with E-state index in [0.29, 0.717) is 36.4 Å². The topological polar surface area (TPSA) is 64.1 Å². The molecule has 7 heteroatoms. The molecule has 138 valence electrons. The van der Waals surface area contributed by atoms with Gasteiger partial charge in [-0.25, -0.2) is 0 Å². The van der Waals surface area contributed by atoms with Crippen molar-refractivity contribution in [3.8, 4) is 11.5 Å². The molecule has 0 radical (unpaired) electrons. The molecule has 2 aromatic rings. The summed E-state index contributed by atoms with van der Waals surface area (Å²) in [5, 5.41) is 7.51. The Labute approximate surface area is 159 Å². The lowest BCUT2D eigenvalue weighted by atomic mass is 10.2. The minimum atomic E-state index is 0.438. The molecule has 0 aliphatic rings. The number of nitrogens with one attached hydrogen (secondary N) is 2. The van der Waals surface area contributed by atoms with Gasteiger partial charge < -0.3 is 19.5 Å². The highest BCUT2D eigenvalue weighted by molar-refractivity contribution is 7.80. The SMILES string of the molecule is COCCNC(=S)N/N=C\c1ccc(OCc2ccccc2)c(OC)c1. The van der Waals surface area contributed by atoms with Gasteiger partial charge in [0.25, 0.3) is 0 Å². The molecular weight excluding hydrogens is 350 g/mol. The molecule has 0 atom stereocenters. The summed E-state index contributed by atoms with van der Waals surface area (Å²) in [6.07, 6.45) is 1.66. The lowest BCUT2D eigenvalue weighted by Gasteiger charge is -2.11. The van der Waals surface area contributed by atoms with Crippen LogP contribution in [0.15, 0.2) is 53.6 Å². The highest BCUT2D eigenvalue weighted by Crippen LogP contribution is 2.28. The van der Waals surface area contributed by atoms with Gasteiger partial charge in [-0.1, -0.05) is 30.3 Å². The Morgan fingerprint density at radius 2 is 1.92 bits per heavy atom. The Morgan fingerprint density at radius 3 is 2.65 bits per heavy atom. The summed E-state index contributed by atoms with van der Waals surface area (Å²) in [7, 11) is 3.25. The van der Waals surface area contributed by atoms with E-state index in [1.807, 2.05) is 48.5 Å². The number of benzene rings is 2. The maximum atomic E-state index is 5.84. The highest BCUT2D eigenvalue weighted by Gasteiger charge is 2.05. The van der Waals surface area contributed by atoms with E-state index in [1.54, 1.807) is 20.4 Å². The summed E-state index contributed by atoms with van der Waals surface area (Å²) in [6.45, 7) is 1.68. The molecule has 6 nitrogen and oxygen atoms in total. The maximum absolute atomic E-state index is 5.84. The van der Waals surface area contributed by atoms with E-state index in [4.69, 9.17) is 26.4 Å². The first-order valence-corrected chi connectivity index (χ1v) is 8.54. The molecule has 0 unspecified atom stereocenters. The van der Waals surface area contributed by atoms with Crippen molar-refractivity contribution in [2.75, 3.05) is 27.4 Å². The number of thiocarbonyl (C=S) groups is 1. The molecule has 0 spiro atoms. The third-order valence-corrected chi connectivity index (χ3v) is 3.63. The van der Waals surface area contributed by atoms with E-state index < -0.39 is 0 Å². The second-order valence-corrected chi connectivity index (χ2v) is 5.71. The third kappa shape index (κ3) is 6.70. The van der Waals surface area contributed by atoms with Crippen LogP contribution in [0.1, 0.15) is 11.1 Å². The molecule has 0 bridgehead atoms. The lowest BCUT2D eigenvalue weighted by molar-refractivity contribution is 0.204. The van der Waals surface area contributed by atoms with Gasteiger partial charge in [-0.15, -0.1) is 0 Å². The van der Waals surface area contributed by atoms with Crippen LogP contribution in [0.5, 0.6) is 11.5 Å². The number of ether oxygens (including phenoxy) is 3. The Balaban J connectivity index is 1.90. The molecule has 0 aromatic heterocycles. The molecule has 0 aliphatic heterocycles. The molecule has 0 aliphatic carbocycles. The summed E-state index contributed by atoms with van der Waals surface area (Å²) < 4.78 is 16.2. The van der Waals surface area contributed by atoms with E-state index >= 15 is 0 Å². The maximum Gasteiger partial charge on any atom is 0.187 e. The van der Waals surface area contributed by atoms with E-state index in [9.17, 15) is 0 Å². The third-order valence-electron chi connectivity index (χ3n) is 3.40. The first-order valence-electron chi connectivity index (χ1n) is 8.13. The Kier molecular flexibility index (Phi) is 8.38. The number of hydrogen-bond donors (Lipinski definition) is 2. The number of methoxy groups -OCH3 is 2. The number of hydrogen-bond acceptors (Lipinski definition) is 5. The Hall–Kier alpha value is -2.64. The second kappa shape index (κ2) is 11.1. The normalized spacial score (nSPS) is 10.5. The number of nitrogens with zero attached hydrogens (tertiary/aromatic N) is 1. The van der Waals surface area contributed by atoms with Crippen molar-refractivity contribution in [3.63, 3.8) is 0 Å². The van der Waals surface area contributed by atoms with E-state index in [1.165, 1.54) is 0 Å². The fraction of sp³-hybridized carbons (Fsp3) is 0.263. The molecule has 2 aromatic carbocycles. The summed E-state index contributed by atoms with van der Waals surface area (Å²) >= 11 is 5.10. The van der Waals surface area contributed by atoms with Crippen LogP contribution >= 0.6 is 12.2 Å². The van der Waals surface area contributed by atoms with Gasteiger partial charge >= 0.3 is 0 Å². The van der Waals surface area contributed by atoms with Crippen molar-refractivity contribution in [2.24, 2.45) is 5.10 Å². The van der Waals surface area contributed by atoms with E-state index in [2.05, 4.69) is 15.8 Å². The average molecular weight is 373 g/mol. The summed E-state index contributed by atoms with van der Waals surface area (Å²) in [5.74, 6) is 1.32. The first kappa shape index (κ1) is 19.7. The molecule has 0 saturated carbocycles. The molecular formula is C19H23N3O3S. The number of hydrazone groups is 1. The Bertz CT molecular complexity index is 723. The van der Waals surface area contributed by atoms with Gasteiger partial charge in [0.05, 0.1) is 19.9 Å². The second-order valence-electron chi connectivity index (χ2n) is 5.30. The van der Waals surface area contributed by atoms with Gasteiger partial charge in [0.2, 0.25) is 0 Å². The van der Waals surface area contributed by atoms with Gasteiger partial charge in [0.15, 0.2) is 16.6 Å². The van der Waals surface area contributed by atoms with Crippen molar-refractivity contribution < 1.29 is 14.2 Å².